The first kappa shape index (κ1) is 11.6. The lowest BCUT2D eigenvalue weighted by molar-refractivity contribution is -0.132. The van der Waals surface area contributed by atoms with Gasteiger partial charge < -0.3 is 10.2 Å². The van der Waals surface area contributed by atoms with E-state index in [1.807, 2.05) is 19.2 Å². The van der Waals surface area contributed by atoms with Crippen molar-refractivity contribution in [3.05, 3.63) is 15.8 Å². The molecule has 1 aliphatic heterocycles. The van der Waals surface area contributed by atoms with E-state index < -0.39 is 0 Å². The SMILES string of the molecule is CN1CCCC(Nc2ccc(I)nn2)C1=O. The molecule has 2 heterocycles. The molecule has 1 aromatic heterocycles. The summed E-state index contributed by atoms with van der Waals surface area (Å²) >= 11 is 2.10. The Morgan fingerprint density at radius 2 is 2.31 bits per heavy atom. The van der Waals surface area contributed by atoms with Crippen molar-refractivity contribution in [2.45, 2.75) is 18.9 Å². The third kappa shape index (κ3) is 2.60. The zero-order valence-electron chi connectivity index (χ0n) is 8.98. The molecule has 1 amide bonds. The van der Waals surface area contributed by atoms with Crippen molar-refractivity contribution < 1.29 is 4.79 Å². The summed E-state index contributed by atoms with van der Waals surface area (Å²) in [5, 5.41) is 11.1. The Labute approximate surface area is 108 Å². The zero-order valence-corrected chi connectivity index (χ0v) is 11.1. The average molecular weight is 332 g/mol. The summed E-state index contributed by atoms with van der Waals surface area (Å²) < 4.78 is 0.843. The number of likely N-dealkylation sites (N-methyl/N-ethyl adjacent to an activating group) is 1. The second-order valence-electron chi connectivity index (χ2n) is 3.84. The number of nitrogens with one attached hydrogen (secondary N) is 1. The topological polar surface area (TPSA) is 58.1 Å². The lowest BCUT2D eigenvalue weighted by Crippen LogP contribution is -2.45. The van der Waals surface area contributed by atoms with E-state index in [2.05, 4.69) is 38.1 Å². The van der Waals surface area contributed by atoms with Crippen LogP contribution in [0, 0.1) is 3.70 Å². The Kier molecular flexibility index (Phi) is 3.57. The molecule has 1 atom stereocenters. The number of likely N-dealkylation sites (tertiary alicyclic amines) is 1. The summed E-state index contributed by atoms with van der Waals surface area (Å²) in [5.41, 5.74) is 0. The molecule has 2 rings (SSSR count). The summed E-state index contributed by atoms with van der Waals surface area (Å²) in [5.74, 6) is 0.792. The van der Waals surface area contributed by atoms with Gasteiger partial charge in [-0.25, -0.2) is 0 Å². The van der Waals surface area contributed by atoms with E-state index in [1.54, 1.807) is 4.90 Å². The monoisotopic (exact) mass is 332 g/mol. The number of amides is 1. The Balaban J connectivity index is 2.03. The van der Waals surface area contributed by atoms with Crippen LogP contribution < -0.4 is 5.32 Å². The van der Waals surface area contributed by atoms with Gasteiger partial charge in [0, 0.05) is 13.6 Å². The molecule has 1 N–H and O–H groups in total. The van der Waals surface area contributed by atoms with Crippen LogP contribution in [0.1, 0.15) is 12.8 Å². The standard InChI is InChI=1S/C10H13IN4O/c1-15-6-2-3-7(10(15)16)12-9-5-4-8(11)13-14-9/h4-5,7H,2-3,6H2,1H3,(H,12,14). The minimum atomic E-state index is -0.159. The number of rotatable bonds is 2. The van der Waals surface area contributed by atoms with Crippen LogP contribution in [0.4, 0.5) is 5.82 Å². The van der Waals surface area contributed by atoms with E-state index in [1.165, 1.54) is 0 Å². The van der Waals surface area contributed by atoms with Crippen molar-refractivity contribution in [3.63, 3.8) is 0 Å². The Morgan fingerprint density at radius 3 is 3.00 bits per heavy atom. The maximum absolute atomic E-state index is 11.8. The number of carbonyl (C=O) groups excluding carboxylic acids is 1. The molecule has 0 aliphatic carbocycles. The second kappa shape index (κ2) is 4.94. The number of hydrogen-bond donors (Lipinski definition) is 1. The van der Waals surface area contributed by atoms with E-state index in [0.717, 1.165) is 23.1 Å². The lowest BCUT2D eigenvalue weighted by atomic mass is 10.1. The van der Waals surface area contributed by atoms with E-state index in [-0.39, 0.29) is 11.9 Å². The van der Waals surface area contributed by atoms with Gasteiger partial charge in [-0.3, -0.25) is 4.79 Å². The largest absolute Gasteiger partial charge is 0.357 e. The van der Waals surface area contributed by atoms with Crippen LogP contribution in [-0.2, 0) is 4.79 Å². The minimum Gasteiger partial charge on any atom is -0.357 e. The quantitative estimate of drug-likeness (QED) is 0.825. The van der Waals surface area contributed by atoms with Crippen LogP contribution in [0.15, 0.2) is 12.1 Å². The highest BCUT2D eigenvalue weighted by atomic mass is 127. The zero-order chi connectivity index (χ0) is 11.5. The Bertz CT molecular complexity index is 381. The highest BCUT2D eigenvalue weighted by molar-refractivity contribution is 14.1. The van der Waals surface area contributed by atoms with Crippen LogP contribution in [-0.4, -0.2) is 40.6 Å². The number of aromatic nitrogens is 2. The molecule has 0 aromatic carbocycles. The van der Waals surface area contributed by atoms with Gasteiger partial charge in [0.1, 0.15) is 15.6 Å². The molecule has 1 aliphatic rings. The molecular formula is C10H13IN4O. The minimum absolute atomic E-state index is 0.131. The average Bonchev–Trinajstić information content (AvgIpc) is 2.28. The number of nitrogens with zero attached hydrogens (tertiary/aromatic N) is 3. The maximum atomic E-state index is 11.8. The summed E-state index contributed by atoms with van der Waals surface area (Å²) in [4.78, 5) is 13.6. The molecule has 0 spiro atoms. The normalized spacial score (nSPS) is 21.0. The third-order valence-electron chi connectivity index (χ3n) is 2.61. The van der Waals surface area contributed by atoms with Crippen molar-refractivity contribution >= 4 is 34.3 Å². The van der Waals surface area contributed by atoms with E-state index in [4.69, 9.17) is 0 Å². The van der Waals surface area contributed by atoms with E-state index in [9.17, 15) is 4.79 Å². The number of hydrogen-bond acceptors (Lipinski definition) is 4. The highest BCUT2D eigenvalue weighted by Crippen LogP contribution is 2.14. The van der Waals surface area contributed by atoms with Gasteiger partial charge in [0.25, 0.3) is 0 Å². The molecule has 6 heteroatoms. The van der Waals surface area contributed by atoms with Crippen LogP contribution in [0.5, 0.6) is 0 Å². The second-order valence-corrected chi connectivity index (χ2v) is 4.95. The van der Waals surface area contributed by atoms with Gasteiger partial charge in [-0.05, 0) is 47.6 Å². The first-order chi connectivity index (χ1) is 7.66. The molecule has 5 nitrogen and oxygen atoms in total. The number of piperidine rings is 1. The van der Waals surface area contributed by atoms with Gasteiger partial charge in [0.15, 0.2) is 0 Å². The van der Waals surface area contributed by atoms with Gasteiger partial charge in [-0.1, -0.05) is 0 Å². The molecule has 0 saturated carbocycles. The van der Waals surface area contributed by atoms with E-state index >= 15 is 0 Å². The van der Waals surface area contributed by atoms with Crippen LogP contribution in [0.2, 0.25) is 0 Å². The fraction of sp³-hybridized carbons (Fsp3) is 0.500. The van der Waals surface area contributed by atoms with Gasteiger partial charge >= 0.3 is 0 Å². The molecule has 1 aromatic rings. The maximum Gasteiger partial charge on any atom is 0.244 e. The van der Waals surface area contributed by atoms with E-state index in [0.29, 0.717) is 5.82 Å². The molecular weight excluding hydrogens is 319 g/mol. The molecule has 1 unspecified atom stereocenters. The van der Waals surface area contributed by atoms with Crippen molar-refractivity contribution in [1.29, 1.82) is 0 Å². The van der Waals surface area contributed by atoms with Crippen molar-refractivity contribution in [2.24, 2.45) is 0 Å². The van der Waals surface area contributed by atoms with Crippen LogP contribution in [0.3, 0.4) is 0 Å². The smallest absolute Gasteiger partial charge is 0.244 e. The molecule has 86 valence electrons. The molecule has 1 saturated heterocycles. The third-order valence-corrected chi connectivity index (χ3v) is 3.19. The highest BCUT2D eigenvalue weighted by Gasteiger charge is 2.26. The summed E-state index contributed by atoms with van der Waals surface area (Å²) in [6.07, 6.45) is 1.88. The number of carbonyl (C=O) groups is 1. The number of halogens is 1. The molecule has 16 heavy (non-hydrogen) atoms. The Hall–Kier alpha value is -0.920. The predicted octanol–water partition coefficient (Wildman–Crippen LogP) is 1.11. The molecule has 0 bridgehead atoms. The summed E-state index contributed by atoms with van der Waals surface area (Å²) in [6, 6.07) is 3.55. The number of anilines is 1. The fourth-order valence-corrected chi connectivity index (χ4v) is 2.03. The Morgan fingerprint density at radius 1 is 1.50 bits per heavy atom. The first-order valence-corrected chi connectivity index (χ1v) is 6.25. The van der Waals surface area contributed by atoms with Gasteiger partial charge in [0.2, 0.25) is 5.91 Å². The van der Waals surface area contributed by atoms with Crippen LogP contribution >= 0.6 is 22.6 Å². The lowest BCUT2D eigenvalue weighted by Gasteiger charge is -2.29. The van der Waals surface area contributed by atoms with Gasteiger partial charge in [-0.2, -0.15) is 0 Å². The first-order valence-electron chi connectivity index (χ1n) is 5.17. The van der Waals surface area contributed by atoms with Gasteiger partial charge in [0.05, 0.1) is 0 Å². The molecule has 0 radical (unpaired) electrons. The fourth-order valence-electron chi connectivity index (χ4n) is 1.74. The van der Waals surface area contributed by atoms with Gasteiger partial charge in [-0.15, -0.1) is 10.2 Å². The summed E-state index contributed by atoms with van der Waals surface area (Å²) in [7, 11) is 1.83. The van der Waals surface area contributed by atoms with Crippen molar-refractivity contribution in [3.8, 4) is 0 Å². The van der Waals surface area contributed by atoms with Crippen molar-refractivity contribution in [1.82, 2.24) is 15.1 Å². The molecule has 1 fully saturated rings. The van der Waals surface area contributed by atoms with Crippen molar-refractivity contribution in [2.75, 3.05) is 18.9 Å². The summed E-state index contributed by atoms with van der Waals surface area (Å²) in [6.45, 7) is 0.843. The van der Waals surface area contributed by atoms with Crippen LogP contribution in [0.25, 0.3) is 0 Å². The predicted molar refractivity (Wildman–Crippen MR) is 69.0 cm³/mol.